The molecule has 14 heteroatoms. The number of carboxylic acids is 1. The lowest BCUT2D eigenvalue weighted by Crippen LogP contribution is -2.50. The molecule has 2 amide bonds. The lowest BCUT2D eigenvalue weighted by atomic mass is 9.98. The van der Waals surface area contributed by atoms with E-state index in [0.717, 1.165) is 0 Å². The molecule has 0 spiro atoms. The van der Waals surface area contributed by atoms with Crippen molar-refractivity contribution in [2.24, 2.45) is 5.41 Å². The number of nitrogens with one attached hydrogen (secondary N) is 2. The number of hydrogen-bond acceptors (Lipinski definition) is 11. The number of nitrogens with zero attached hydrogens (tertiary/aromatic N) is 3. The first-order valence-electron chi connectivity index (χ1n) is 16.9. The number of carboxylic acid groups (broad SMARTS) is 1. The van der Waals surface area contributed by atoms with Crippen molar-refractivity contribution < 1.29 is 43.3 Å². The molecule has 1 fully saturated rings. The highest BCUT2D eigenvalue weighted by Gasteiger charge is 2.23. The van der Waals surface area contributed by atoms with Gasteiger partial charge in [0.1, 0.15) is 12.3 Å². The molecule has 0 bridgehead atoms. The predicted molar refractivity (Wildman–Crippen MR) is 186 cm³/mol. The first-order chi connectivity index (χ1) is 22.4. The van der Waals surface area contributed by atoms with Gasteiger partial charge in [-0.2, -0.15) is 0 Å². The van der Waals surface area contributed by atoms with Crippen LogP contribution in [0.2, 0.25) is 0 Å². The summed E-state index contributed by atoms with van der Waals surface area (Å²) < 4.78 is 15.3. The van der Waals surface area contributed by atoms with Crippen LogP contribution in [0.25, 0.3) is 0 Å². The second-order valence-electron chi connectivity index (χ2n) is 13.2. The topological polar surface area (TPSA) is 167 Å². The molecular weight excluding hydrogens is 622 g/mol. The number of rotatable bonds is 11. The number of amides is 2. The van der Waals surface area contributed by atoms with Crippen LogP contribution in [-0.2, 0) is 33.4 Å². The SMILES string of the molecule is C=C(C)C(=O)OCN1CCNCCN(CC(=O)OC(C)(C)C)CCN(C(=O)NCCCCCC(=O)O)CC1.CC.COC(=O)C(C)(C)C. The fourth-order valence-corrected chi connectivity index (χ4v) is 3.97. The Hall–Kier alpha value is -3.23. The molecule has 0 aliphatic carbocycles. The molecule has 3 N–H and O–H groups in total. The van der Waals surface area contributed by atoms with Crippen LogP contribution in [0.3, 0.4) is 0 Å². The second kappa shape index (κ2) is 25.7. The lowest BCUT2D eigenvalue weighted by Gasteiger charge is -2.31. The van der Waals surface area contributed by atoms with Gasteiger partial charge in [-0.3, -0.25) is 24.2 Å². The summed E-state index contributed by atoms with van der Waals surface area (Å²) in [7, 11) is 1.40. The van der Waals surface area contributed by atoms with Crippen LogP contribution in [0.5, 0.6) is 0 Å². The van der Waals surface area contributed by atoms with E-state index in [2.05, 4.69) is 21.9 Å². The van der Waals surface area contributed by atoms with Crippen LogP contribution >= 0.6 is 0 Å². The number of aliphatic carboxylic acids is 1. The average molecular weight is 688 g/mol. The van der Waals surface area contributed by atoms with Gasteiger partial charge in [0.15, 0.2) is 0 Å². The Balaban J connectivity index is 0. The molecule has 0 unspecified atom stereocenters. The van der Waals surface area contributed by atoms with Crippen molar-refractivity contribution in [3.63, 3.8) is 0 Å². The van der Waals surface area contributed by atoms with Gasteiger partial charge in [0.2, 0.25) is 0 Å². The minimum Gasteiger partial charge on any atom is -0.481 e. The van der Waals surface area contributed by atoms with Crippen LogP contribution in [0.15, 0.2) is 12.2 Å². The molecule has 0 aromatic heterocycles. The van der Waals surface area contributed by atoms with E-state index in [4.69, 9.17) is 14.6 Å². The molecule has 1 rings (SSSR count). The number of esters is 3. The van der Waals surface area contributed by atoms with Gasteiger partial charge in [-0.25, -0.2) is 9.59 Å². The van der Waals surface area contributed by atoms with E-state index in [1.165, 1.54) is 7.11 Å². The zero-order valence-corrected chi connectivity index (χ0v) is 31.4. The maximum absolute atomic E-state index is 13.0. The number of carbonyl (C=O) groups is 5. The molecule has 1 saturated heterocycles. The highest BCUT2D eigenvalue weighted by molar-refractivity contribution is 5.86. The van der Waals surface area contributed by atoms with E-state index in [-0.39, 0.29) is 43.1 Å². The molecule has 0 atom stereocenters. The first kappa shape index (κ1) is 46.9. The first-order valence-corrected chi connectivity index (χ1v) is 16.9. The van der Waals surface area contributed by atoms with Gasteiger partial charge in [0.05, 0.1) is 19.1 Å². The van der Waals surface area contributed by atoms with E-state index >= 15 is 0 Å². The maximum Gasteiger partial charge on any atom is 0.334 e. The Morgan fingerprint density at radius 2 is 1.42 bits per heavy atom. The molecule has 0 aromatic carbocycles. The van der Waals surface area contributed by atoms with Gasteiger partial charge in [0, 0.05) is 70.9 Å². The van der Waals surface area contributed by atoms with Crippen LogP contribution in [0.1, 0.15) is 88.0 Å². The van der Waals surface area contributed by atoms with Crippen molar-refractivity contribution in [3.8, 4) is 0 Å². The number of hydrogen-bond donors (Lipinski definition) is 3. The smallest absolute Gasteiger partial charge is 0.334 e. The summed E-state index contributed by atoms with van der Waals surface area (Å²) in [6, 6.07) is -0.227. The third-order valence-electron chi connectivity index (χ3n) is 6.51. The zero-order chi connectivity index (χ0) is 37.3. The van der Waals surface area contributed by atoms with E-state index in [0.29, 0.717) is 83.7 Å². The molecule has 1 aliphatic rings. The Labute approximate surface area is 288 Å². The summed E-state index contributed by atoms with van der Waals surface area (Å²) >= 11 is 0. The fraction of sp³-hybridized carbons (Fsp3) is 0.794. The minimum atomic E-state index is -0.821. The third kappa shape index (κ3) is 25.8. The quantitative estimate of drug-likeness (QED) is 0.125. The number of ether oxygens (including phenoxy) is 3. The number of carbonyl (C=O) groups excluding carboxylic acids is 4. The number of methoxy groups -OCH3 is 1. The summed E-state index contributed by atoms with van der Waals surface area (Å²) in [5.41, 5.74) is -0.601. The summed E-state index contributed by atoms with van der Waals surface area (Å²) in [4.78, 5) is 64.2. The summed E-state index contributed by atoms with van der Waals surface area (Å²) in [5.74, 6) is -1.76. The summed E-state index contributed by atoms with van der Waals surface area (Å²) in [5, 5.41) is 15.0. The Morgan fingerprint density at radius 1 is 0.854 bits per heavy atom. The van der Waals surface area contributed by atoms with Gasteiger partial charge in [-0.05, 0) is 61.3 Å². The molecular formula is C34H65N5O9. The van der Waals surface area contributed by atoms with E-state index in [1.54, 1.807) is 11.8 Å². The van der Waals surface area contributed by atoms with Gasteiger partial charge >= 0.3 is 29.9 Å². The summed E-state index contributed by atoms with van der Waals surface area (Å²) in [6.07, 6.45) is 2.09. The largest absolute Gasteiger partial charge is 0.481 e. The van der Waals surface area contributed by atoms with Crippen LogP contribution in [-0.4, -0.2) is 135 Å². The number of unbranched alkanes of at least 4 members (excludes halogenated alkanes) is 2. The van der Waals surface area contributed by atoms with E-state index in [9.17, 15) is 24.0 Å². The molecule has 1 heterocycles. The van der Waals surface area contributed by atoms with Gasteiger partial charge in [-0.15, -0.1) is 0 Å². The molecule has 280 valence electrons. The van der Waals surface area contributed by atoms with Crippen molar-refractivity contribution in [1.29, 1.82) is 0 Å². The fourth-order valence-electron chi connectivity index (χ4n) is 3.97. The Kier molecular flexibility index (Phi) is 25.1. The second-order valence-corrected chi connectivity index (χ2v) is 13.2. The minimum absolute atomic E-state index is 0.0944. The predicted octanol–water partition coefficient (Wildman–Crippen LogP) is 3.50. The van der Waals surface area contributed by atoms with Crippen LogP contribution in [0.4, 0.5) is 4.79 Å². The Morgan fingerprint density at radius 3 is 1.90 bits per heavy atom. The van der Waals surface area contributed by atoms with E-state index in [1.807, 2.05) is 65.2 Å². The molecule has 0 radical (unpaired) electrons. The van der Waals surface area contributed by atoms with Crippen molar-refractivity contribution >= 4 is 29.9 Å². The molecule has 1 aliphatic heterocycles. The lowest BCUT2D eigenvalue weighted by molar-refractivity contribution is -0.156. The van der Waals surface area contributed by atoms with Gasteiger partial charge in [0.25, 0.3) is 0 Å². The summed E-state index contributed by atoms with van der Waals surface area (Å²) in [6.45, 7) is 25.1. The monoisotopic (exact) mass is 687 g/mol. The molecule has 0 saturated carbocycles. The third-order valence-corrected chi connectivity index (χ3v) is 6.51. The number of urea groups is 1. The van der Waals surface area contributed by atoms with Gasteiger partial charge < -0.3 is 34.9 Å². The average Bonchev–Trinajstić information content (AvgIpc) is 2.98. The molecule has 14 nitrogen and oxygen atoms in total. The normalized spacial score (nSPS) is 15.1. The molecule has 0 aromatic rings. The van der Waals surface area contributed by atoms with Crippen molar-refractivity contribution in [2.75, 3.05) is 79.3 Å². The van der Waals surface area contributed by atoms with Crippen LogP contribution < -0.4 is 10.6 Å². The molecule has 48 heavy (non-hydrogen) atoms. The van der Waals surface area contributed by atoms with Gasteiger partial charge in [-0.1, -0.05) is 26.8 Å². The highest BCUT2D eigenvalue weighted by Crippen LogP contribution is 2.13. The van der Waals surface area contributed by atoms with Crippen LogP contribution in [0, 0.1) is 5.41 Å². The maximum atomic E-state index is 13.0. The zero-order valence-electron chi connectivity index (χ0n) is 31.4. The highest BCUT2D eigenvalue weighted by atomic mass is 16.6. The van der Waals surface area contributed by atoms with Crippen molar-refractivity contribution in [3.05, 3.63) is 12.2 Å². The Bertz CT molecular complexity index is 977. The van der Waals surface area contributed by atoms with Crippen molar-refractivity contribution in [2.45, 2.75) is 93.6 Å². The van der Waals surface area contributed by atoms with Crippen molar-refractivity contribution in [1.82, 2.24) is 25.3 Å². The standard InChI is InChI=1S/C26H47N5O7.C6H12O2.C2H6/c1-21(2)24(35)37-20-30-14-12-27-11-13-29(19-23(34)38-26(3,4)5)15-17-31(18-16-30)25(36)28-10-8-6-7-9-22(32)33;1-6(2,3)5(7)8-4;1-2/h27H,1,6-20H2,2-5H3,(H,28,36)(H,32,33);1-4H3;1-2H3. The van der Waals surface area contributed by atoms with E-state index < -0.39 is 17.5 Å².